The Bertz CT molecular complexity index is 3130. The van der Waals surface area contributed by atoms with Crippen molar-refractivity contribution in [3.63, 3.8) is 0 Å². The highest BCUT2D eigenvalue weighted by Gasteiger charge is 2.47. The van der Waals surface area contributed by atoms with Crippen molar-refractivity contribution in [3.05, 3.63) is 70.8 Å². The van der Waals surface area contributed by atoms with Gasteiger partial charge in [0, 0.05) is 132 Å². The highest BCUT2D eigenvalue weighted by atomic mass is 32.2. The van der Waals surface area contributed by atoms with Crippen LogP contribution in [0.25, 0.3) is 0 Å². The number of rotatable bonds is 25. The van der Waals surface area contributed by atoms with Crippen molar-refractivity contribution in [2.75, 3.05) is 115 Å². The van der Waals surface area contributed by atoms with Crippen molar-refractivity contribution in [2.24, 2.45) is 5.73 Å². The molecule has 15 N–H and O–H groups in total. The second-order valence-electron chi connectivity index (χ2n) is 26.2. The number of benzene rings is 2. The standard InChI is InChI=1S/C67H101N13O19S3/c1-3-4-6-13-55(84)70-50-40-101-38-45-27-44(37-100-26-16-69-56(85)33-75-18-20-76(34-57(86)87)22-24-78(36-59(90)91)25-23-77(21-19-75)35-58(88)89)28-46(29-45)39-102-41-51(67(98)99)73-62(93)49(30-43-10-7-5-8-11-43)72-61(92)48(14-15-54(68)83)71-64(95)60(42(2)81)74-63(94)53-31-47(82)32-80(53)66(97)52-12-9-17-79(52)65(50)96/h5,7-8,10-11,27-29,42,47-53,60,65,81-82,96H,3-4,6,9,12-26,30-41H2,1-2H3,(H2,68,83)(H,69,85)(H,70,84)(H,71,95)(H,72,92)(H,73,93)(H,74,94)(H,86,87)(H,88,89)(H,90,91)(H,98,99)/t42-,47-,48+,49+,50+,51+,52+,53+,60+,65-/m1/s1. The lowest BCUT2D eigenvalue weighted by Crippen LogP contribution is -2.62. The van der Waals surface area contributed by atoms with E-state index in [9.17, 15) is 93.3 Å². The SMILES string of the molecule is CCCCCC(=O)N[C@H]1CSCc2cc(CSCCNC(=O)CN3CCN(CC(=O)O)CCN(CC(=O)O)CCN(CC(=O)O)CC3)cc(c2)CSC[C@@H](C(=O)O)NC(=O)[C@H](Cc2ccccc2)NC(=O)[C@H](CCC(N)=O)NC(=O)[C@H]([C@@H](C)O)NC(=O)[C@@H]2C[C@@H](O)CN2C(=O)[C@@H]2CCCN2[C@@H]1O. The molecule has 0 saturated carbocycles. The predicted molar refractivity (Wildman–Crippen MR) is 380 cm³/mol. The van der Waals surface area contributed by atoms with Gasteiger partial charge in [0.15, 0.2) is 0 Å². The fraction of sp³-hybridized carbons (Fsp3) is 0.642. The van der Waals surface area contributed by atoms with E-state index in [4.69, 9.17) is 5.73 Å². The molecule has 3 saturated heterocycles. The van der Waals surface area contributed by atoms with Crippen molar-refractivity contribution in [1.82, 2.24) is 61.3 Å². The van der Waals surface area contributed by atoms with Crippen molar-refractivity contribution in [3.8, 4) is 0 Å². The van der Waals surface area contributed by atoms with E-state index in [1.54, 1.807) is 49.9 Å². The fourth-order valence-electron chi connectivity index (χ4n) is 12.6. The van der Waals surface area contributed by atoms with Crippen LogP contribution in [0.5, 0.6) is 0 Å². The zero-order valence-electron chi connectivity index (χ0n) is 57.8. The molecular formula is C67H101N13O19S3. The van der Waals surface area contributed by atoms with Crippen LogP contribution in [0.4, 0.5) is 0 Å². The van der Waals surface area contributed by atoms with Gasteiger partial charge in [0.2, 0.25) is 47.3 Å². The minimum absolute atomic E-state index is 0.0789. The number of nitrogens with zero attached hydrogens (tertiary/aromatic N) is 6. The summed E-state index contributed by atoms with van der Waals surface area (Å²) in [5, 5.41) is 90.0. The molecule has 8 amide bonds. The minimum Gasteiger partial charge on any atom is -0.480 e. The van der Waals surface area contributed by atoms with Gasteiger partial charge in [-0.15, -0.1) is 0 Å². The van der Waals surface area contributed by atoms with Crippen molar-refractivity contribution in [2.45, 2.75) is 156 Å². The average molecular weight is 1490 g/mol. The van der Waals surface area contributed by atoms with E-state index in [2.05, 4.69) is 31.9 Å². The molecule has 3 fully saturated rings. The maximum absolute atomic E-state index is 14.8. The molecule has 566 valence electrons. The number of primary amides is 1. The number of carbonyl (C=O) groups excluding carboxylic acids is 8. The van der Waals surface area contributed by atoms with Gasteiger partial charge in [-0.2, -0.15) is 35.3 Å². The third-order valence-electron chi connectivity index (χ3n) is 17.8. The van der Waals surface area contributed by atoms with Crippen LogP contribution in [0, 0.1) is 0 Å². The zero-order valence-corrected chi connectivity index (χ0v) is 60.3. The average Bonchev–Trinajstić information content (AvgIpc) is 1.63. The normalized spacial score (nSPS) is 24.9. The molecule has 10 atom stereocenters. The molecule has 0 radical (unpaired) electrons. The molecular weight excluding hydrogens is 1390 g/mol. The van der Waals surface area contributed by atoms with Gasteiger partial charge < -0.3 is 78.3 Å². The van der Waals surface area contributed by atoms with Crippen LogP contribution in [-0.2, 0) is 81.2 Å². The number of thioether (sulfide) groups is 3. The quantitative estimate of drug-likeness (QED) is 0.0466. The van der Waals surface area contributed by atoms with Crippen molar-refractivity contribution in [1.29, 1.82) is 0 Å². The number of hydrogen-bond donors (Lipinski definition) is 14. The van der Waals surface area contributed by atoms with Crippen LogP contribution >= 0.6 is 35.3 Å². The summed E-state index contributed by atoms with van der Waals surface area (Å²) in [4.78, 5) is 169. The zero-order chi connectivity index (χ0) is 74.4. The number of carboxylic acid groups (broad SMARTS) is 4. The van der Waals surface area contributed by atoms with Gasteiger partial charge in [-0.1, -0.05) is 68.3 Å². The van der Waals surface area contributed by atoms with Gasteiger partial charge in [-0.05, 0) is 54.9 Å². The van der Waals surface area contributed by atoms with Crippen LogP contribution in [-0.4, -0.2) is 312 Å². The Morgan fingerprint density at radius 3 is 1.78 bits per heavy atom. The molecule has 2 aromatic rings. The Morgan fingerprint density at radius 2 is 1.23 bits per heavy atom. The smallest absolute Gasteiger partial charge is 0.327 e. The molecule has 4 aliphatic heterocycles. The number of fused-ring (bicyclic) bond motifs is 4. The molecule has 0 unspecified atom stereocenters. The lowest BCUT2D eigenvalue weighted by molar-refractivity contribution is -0.147. The Labute approximate surface area is 606 Å². The topological polar surface area (TPSA) is 464 Å². The summed E-state index contributed by atoms with van der Waals surface area (Å²) in [6.07, 6.45) is -2.52. The number of nitrogens with one attached hydrogen (secondary N) is 6. The van der Waals surface area contributed by atoms with Crippen LogP contribution in [0.2, 0.25) is 0 Å². The van der Waals surface area contributed by atoms with E-state index in [0.717, 1.165) is 34.4 Å². The van der Waals surface area contributed by atoms with E-state index in [1.165, 1.54) is 42.2 Å². The maximum Gasteiger partial charge on any atom is 0.327 e. The van der Waals surface area contributed by atoms with Crippen LogP contribution in [0.15, 0.2) is 48.5 Å². The van der Waals surface area contributed by atoms with Gasteiger partial charge in [-0.3, -0.25) is 77.2 Å². The molecule has 0 aromatic heterocycles. The third kappa shape index (κ3) is 28.8. The van der Waals surface area contributed by atoms with E-state index >= 15 is 0 Å². The Hall–Kier alpha value is -7.19. The first kappa shape index (κ1) is 83.8. The summed E-state index contributed by atoms with van der Waals surface area (Å²) in [6.45, 7) is 4.19. The summed E-state index contributed by atoms with van der Waals surface area (Å²) < 4.78 is 0. The second kappa shape index (κ2) is 43.2. The monoisotopic (exact) mass is 1490 g/mol. The number of hydrogen-bond acceptors (Lipinski definition) is 23. The predicted octanol–water partition coefficient (Wildman–Crippen LogP) is -2.29. The largest absolute Gasteiger partial charge is 0.480 e. The molecule has 0 spiro atoms. The van der Waals surface area contributed by atoms with Crippen molar-refractivity contribution >= 4 is 106 Å². The number of amides is 8. The number of aliphatic hydroxyl groups excluding tert-OH is 3. The Kier molecular flexibility index (Phi) is 35.4. The second-order valence-corrected chi connectivity index (χ2v) is 29.3. The molecule has 6 rings (SSSR count). The Morgan fingerprint density at radius 1 is 0.657 bits per heavy atom. The molecule has 35 heteroatoms. The number of carboxylic acids is 4. The first-order valence-electron chi connectivity index (χ1n) is 34.5. The third-order valence-corrected chi connectivity index (χ3v) is 21.1. The number of aliphatic hydroxyl groups is 3. The first-order valence-corrected chi connectivity index (χ1v) is 38.0. The van der Waals surface area contributed by atoms with Gasteiger partial charge in [0.05, 0.1) is 50.5 Å². The number of nitrogens with two attached hydrogens (primary N) is 1. The molecule has 0 aliphatic carbocycles. The molecule has 102 heavy (non-hydrogen) atoms. The Balaban J connectivity index is 1.27. The van der Waals surface area contributed by atoms with Gasteiger partial charge in [-0.25, -0.2) is 4.79 Å². The maximum atomic E-state index is 14.8. The number of aliphatic carboxylic acids is 4. The van der Waals surface area contributed by atoms with Crippen molar-refractivity contribution < 1.29 is 93.3 Å². The summed E-state index contributed by atoms with van der Waals surface area (Å²) >= 11 is 4.11. The van der Waals surface area contributed by atoms with E-state index in [0.29, 0.717) is 35.7 Å². The number of unbranched alkanes of at least 4 members (excludes halogenated alkanes) is 2. The van der Waals surface area contributed by atoms with Gasteiger partial charge >= 0.3 is 23.9 Å². The summed E-state index contributed by atoms with van der Waals surface area (Å²) in [5.74, 6) is -9.25. The van der Waals surface area contributed by atoms with E-state index < -0.39 is 133 Å². The first-order chi connectivity index (χ1) is 48.7. The highest BCUT2D eigenvalue weighted by Crippen LogP contribution is 2.30. The molecule has 4 aliphatic rings. The lowest BCUT2D eigenvalue weighted by Gasteiger charge is -2.36. The lowest BCUT2D eigenvalue weighted by atomic mass is 10.0. The molecule has 2 bridgehead atoms. The summed E-state index contributed by atoms with van der Waals surface area (Å²) in [7, 11) is 0. The molecule has 4 heterocycles. The van der Waals surface area contributed by atoms with E-state index in [-0.39, 0.29) is 153 Å². The van der Waals surface area contributed by atoms with Crippen LogP contribution < -0.4 is 37.6 Å². The van der Waals surface area contributed by atoms with Crippen LogP contribution in [0.3, 0.4) is 0 Å². The molecule has 2 aromatic carbocycles. The highest BCUT2D eigenvalue weighted by molar-refractivity contribution is 7.99. The molecule has 32 nitrogen and oxygen atoms in total. The summed E-state index contributed by atoms with van der Waals surface area (Å²) in [6, 6.07) is 4.57. The minimum atomic E-state index is -1.79. The summed E-state index contributed by atoms with van der Waals surface area (Å²) in [5.41, 5.74) is 8.50. The fourth-order valence-corrected chi connectivity index (χ4v) is 15.4. The van der Waals surface area contributed by atoms with E-state index in [1.807, 2.05) is 30.0 Å². The van der Waals surface area contributed by atoms with Gasteiger partial charge in [0.1, 0.15) is 36.4 Å². The van der Waals surface area contributed by atoms with Gasteiger partial charge in [0.25, 0.3) is 0 Å². The number of carbonyl (C=O) groups is 12. The van der Waals surface area contributed by atoms with Crippen LogP contribution in [0.1, 0.15) is 93.9 Å².